The van der Waals surface area contributed by atoms with Gasteiger partial charge in [0.05, 0.1) is 21.5 Å². The number of nitrogens with two attached hydrogens (primary N) is 1. The third-order valence-corrected chi connectivity index (χ3v) is 3.17. The molecule has 90 valence electrons. The Labute approximate surface area is 112 Å². The van der Waals surface area contributed by atoms with Crippen LogP contribution in [0, 0.1) is 16.3 Å². The SMILES string of the molecule is Cc1ccc(CNc2cc(F)c(I)cc2N)o1. The molecular weight excluding hydrogens is 334 g/mol. The number of furan rings is 1. The number of benzene rings is 1. The lowest BCUT2D eigenvalue weighted by atomic mass is 10.2. The lowest BCUT2D eigenvalue weighted by Gasteiger charge is -2.09. The first-order chi connectivity index (χ1) is 8.06. The Morgan fingerprint density at radius 1 is 1.41 bits per heavy atom. The molecule has 0 atom stereocenters. The van der Waals surface area contributed by atoms with Crippen LogP contribution in [0.4, 0.5) is 15.8 Å². The summed E-state index contributed by atoms with van der Waals surface area (Å²) in [6.07, 6.45) is 0. The molecule has 2 rings (SSSR count). The van der Waals surface area contributed by atoms with Gasteiger partial charge < -0.3 is 15.5 Å². The Morgan fingerprint density at radius 3 is 2.82 bits per heavy atom. The largest absolute Gasteiger partial charge is 0.465 e. The zero-order valence-corrected chi connectivity index (χ0v) is 11.4. The van der Waals surface area contributed by atoms with Crippen molar-refractivity contribution in [3.8, 4) is 0 Å². The molecule has 0 aliphatic rings. The molecule has 2 aromatic rings. The van der Waals surface area contributed by atoms with E-state index in [1.807, 2.05) is 41.6 Å². The second-order valence-corrected chi connectivity index (χ2v) is 4.88. The molecule has 0 radical (unpaired) electrons. The van der Waals surface area contributed by atoms with Gasteiger partial charge >= 0.3 is 0 Å². The fourth-order valence-corrected chi connectivity index (χ4v) is 1.97. The fourth-order valence-electron chi connectivity index (χ4n) is 1.48. The van der Waals surface area contributed by atoms with Crippen LogP contribution in [0.3, 0.4) is 0 Å². The molecule has 0 aliphatic heterocycles. The summed E-state index contributed by atoms with van der Waals surface area (Å²) in [5.41, 5.74) is 6.90. The molecule has 3 N–H and O–H groups in total. The van der Waals surface area contributed by atoms with E-state index in [0.717, 1.165) is 11.5 Å². The second-order valence-electron chi connectivity index (χ2n) is 3.72. The summed E-state index contributed by atoms with van der Waals surface area (Å²) in [6, 6.07) is 6.76. The van der Waals surface area contributed by atoms with E-state index in [-0.39, 0.29) is 5.82 Å². The molecule has 0 spiro atoms. The highest BCUT2D eigenvalue weighted by atomic mass is 127. The third-order valence-electron chi connectivity index (χ3n) is 2.34. The van der Waals surface area contributed by atoms with Gasteiger partial charge in [-0.15, -0.1) is 0 Å². The summed E-state index contributed by atoms with van der Waals surface area (Å²) < 4.78 is 19.3. The number of hydrogen-bond acceptors (Lipinski definition) is 3. The van der Waals surface area contributed by atoms with Crippen LogP contribution in [0.5, 0.6) is 0 Å². The monoisotopic (exact) mass is 346 g/mol. The van der Waals surface area contributed by atoms with Crippen LogP contribution in [0.25, 0.3) is 0 Å². The number of anilines is 2. The molecule has 1 heterocycles. The van der Waals surface area contributed by atoms with Crippen molar-refractivity contribution in [3.05, 3.63) is 45.2 Å². The minimum Gasteiger partial charge on any atom is -0.465 e. The number of rotatable bonds is 3. The normalized spacial score (nSPS) is 10.5. The zero-order chi connectivity index (χ0) is 12.4. The van der Waals surface area contributed by atoms with Gasteiger partial charge in [0.1, 0.15) is 17.3 Å². The van der Waals surface area contributed by atoms with E-state index in [1.165, 1.54) is 6.07 Å². The molecule has 0 bridgehead atoms. The lowest BCUT2D eigenvalue weighted by molar-refractivity contribution is 0.490. The van der Waals surface area contributed by atoms with Crippen LogP contribution in [0.2, 0.25) is 0 Å². The van der Waals surface area contributed by atoms with E-state index in [2.05, 4.69) is 5.32 Å². The van der Waals surface area contributed by atoms with Gasteiger partial charge in [-0.05, 0) is 47.7 Å². The van der Waals surface area contributed by atoms with Crippen LogP contribution in [0.15, 0.2) is 28.7 Å². The molecule has 1 aromatic heterocycles. The van der Waals surface area contributed by atoms with Gasteiger partial charge in [0.25, 0.3) is 0 Å². The van der Waals surface area contributed by atoms with Gasteiger partial charge in [-0.25, -0.2) is 4.39 Å². The Kier molecular flexibility index (Phi) is 3.56. The van der Waals surface area contributed by atoms with E-state index in [1.54, 1.807) is 6.07 Å². The highest BCUT2D eigenvalue weighted by Gasteiger charge is 2.06. The number of hydrogen-bond donors (Lipinski definition) is 2. The average Bonchev–Trinajstić information content (AvgIpc) is 2.68. The molecule has 0 aliphatic carbocycles. The molecule has 0 saturated heterocycles. The van der Waals surface area contributed by atoms with E-state index < -0.39 is 0 Å². The van der Waals surface area contributed by atoms with Gasteiger partial charge in [-0.1, -0.05) is 0 Å². The van der Waals surface area contributed by atoms with Crippen molar-refractivity contribution in [2.45, 2.75) is 13.5 Å². The summed E-state index contributed by atoms with van der Waals surface area (Å²) in [7, 11) is 0. The first-order valence-corrected chi connectivity index (χ1v) is 6.18. The zero-order valence-electron chi connectivity index (χ0n) is 9.26. The lowest BCUT2D eigenvalue weighted by Crippen LogP contribution is -2.03. The van der Waals surface area contributed by atoms with Crippen molar-refractivity contribution >= 4 is 34.0 Å². The van der Waals surface area contributed by atoms with Crippen LogP contribution < -0.4 is 11.1 Å². The minimum atomic E-state index is -0.280. The van der Waals surface area contributed by atoms with Crippen LogP contribution in [-0.2, 0) is 6.54 Å². The average molecular weight is 346 g/mol. The number of aryl methyl sites for hydroxylation is 1. The first kappa shape index (κ1) is 12.2. The second kappa shape index (κ2) is 4.95. The molecular formula is C12H12FIN2O. The molecule has 0 fully saturated rings. The molecule has 0 saturated carbocycles. The predicted octanol–water partition coefficient (Wildman–Crippen LogP) is 3.53. The van der Waals surface area contributed by atoms with E-state index in [4.69, 9.17) is 10.2 Å². The number of halogens is 2. The predicted molar refractivity (Wildman–Crippen MR) is 74.3 cm³/mol. The summed E-state index contributed by atoms with van der Waals surface area (Å²) >= 11 is 1.91. The van der Waals surface area contributed by atoms with Crippen molar-refractivity contribution < 1.29 is 8.81 Å². The van der Waals surface area contributed by atoms with E-state index in [0.29, 0.717) is 21.5 Å². The van der Waals surface area contributed by atoms with Gasteiger partial charge in [0.2, 0.25) is 0 Å². The van der Waals surface area contributed by atoms with Crippen molar-refractivity contribution in [1.82, 2.24) is 0 Å². The quantitative estimate of drug-likeness (QED) is 0.660. The van der Waals surface area contributed by atoms with Gasteiger partial charge in [0.15, 0.2) is 0 Å². The smallest absolute Gasteiger partial charge is 0.138 e. The van der Waals surface area contributed by atoms with Crippen molar-refractivity contribution in [3.63, 3.8) is 0 Å². The molecule has 0 amide bonds. The van der Waals surface area contributed by atoms with Crippen molar-refractivity contribution in [2.24, 2.45) is 0 Å². The summed E-state index contributed by atoms with van der Waals surface area (Å²) in [4.78, 5) is 0. The topological polar surface area (TPSA) is 51.2 Å². The summed E-state index contributed by atoms with van der Waals surface area (Å²) in [5, 5.41) is 3.05. The first-order valence-electron chi connectivity index (χ1n) is 5.10. The Hall–Kier alpha value is -1.24. The molecule has 17 heavy (non-hydrogen) atoms. The maximum atomic E-state index is 13.4. The van der Waals surface area contributed by atoms with E-state index in [9.17, 15) is 4.39 Å². The number of nitrogen functional groups attached to an aromatic ring is 1. The van der Waals surface area contributed by atoms with Crippen LogP contribution in [-0.4, -0.2) is 0 Å². The van der Waals surface area contributed by atoms with Gasteiger partial charge in [0, 0.05) is 6.07 Å². The third kappa shape index (κ3) is 2.91. The standard InChI is InChI=1S/C12H12FIN2O/c1-7-2-3-8(17-7)6-16-12-4-9(13)10(14)5-11(12)15/h2-5,16H,6,15H2,1H3. The highest BCUT2D eigenvalue weighted by Crippen LogP contribution is 2.24. The Bertz CT molecular complexity index is 539. The van der Waals surface area contributed by atoms with Crippen LogP contribution in [0.1, 0.15) is 11.5 Å². The molecule has 0 unspecified atom stereocenters. The minimum absolute atomic E-state index is 0.280. The van der Waals surface area contributed by atoms with Gasteiger partial charge in [-0.2, -0.15) is 0 Å². The molecule has 3 nitrogen and oxygen atoms in total. The summed E-state index contributed by atoms with van der Waals surface area (Å²) in [5.74, 6) is 1.36. The highest BCUT2D eigenvalue weighted by molar-refractivity contribution is 14.1. The number of nitrogens with one attached hydrogen (secondary N) is 1. The van der Waals surface area contributed by atoms with Crippen molar-refractivity contribution in [1.29, 1.82) is 0 Å². The van der Waals surface area contributed by atoms with Crippen LogP contribution >= 0.6 is 22.6 Å². The summed E-state index contributed by atoms with van der Waals surface area (Å²) in [6.45, 7) is 2.36. The maximum absolute atomic E-state index is 13.4. The Morgan fingerprint density at radius 2 is 2.18 bits per heavy atom. The molecule has 5 heteroatoms. The molecule has 1 aromatic carbocycles. The Balaban J connectivity index is 2.11. The fraction of sp³-hybridized carbons (Fsp3) is 0.167. The van der Waals surface area contributed by atoms with Crippen molar-refractivity contribution in [2.75, 3.05) is 11.1 Å². The maximum Gasteiger partial charge on any atom is 0.138 e. The van der Waals surface area contributed by atoms with Gasteiger partial charge in [-0.3, -0.25) is 0 Å². The van der Waals surface area contributed by atoms with E-state index >= 15 is 0 Å².